The largest absolute Gasteiger partial charge is 0.351 e. The normalized spacial score (nSPS) is 16.7. The third kappa shape index (κ3) is 3.94. The van der Waals surface area contributed by atoms with E-state index in [4.69, 9.17) is 16.7 Å². The van der Waals surface area contributed by atoms with Crippen molar-refractivity contribution < 1.29 is 25.7 Å². The minimum Gasteiger partial charge on any atom is -0.351 e. The van der Waals surface area contributed by atoms with Gasteiger partial charge in [0.1, 0.15) is 4.90 Å². The standard InChI is InChI=1S/C14H10ClF2IN4O4S2/c1-22-14(21-26-27(22)23)7-5-10(28(19,24)25)11(16)12(17)13(7)20-9-3-2-6(18)4-8(9)15/h2-5,20H,1H3,(H2,19,24,25). The van der Waals surface area contributed by atoms with E-state index >= 15 is 0 Å². The molecule has 0 aromatic heterocycles. The first-order valence-electron chi connectivity index (χ1n) is 7.19. The number of nitrogens with one attached hydrogen (secondary N) is 1. The second-order valence-corrected chi connectivity index (χ2v) is 9.74. The Labute approximate surface area is 179 Å². The van der Waals surface area contributed by atoms with Crippen LogP contribution in [0.25, 0.3) is 0 Å². The number of nitrogens with two attached hydrogens (primary N) is 1. The van der Waals surface area contributed by atoms with Crippen molar-refractivity contribution >= 4 is 72.7 Å². The van der Waals surface area contributed by atoms with Crippen molar-refractivity contribution in [1.82, 2.24) is 4.31 Å². The Morgan fingerprint density at radius 3 is 2.54 bits per heavy atom. The van der Waals surface area contributed by atoms with Crippen molar-refractivity contribution in [3.8, 4) is 0 Å². The van der Waals surface area contributed by atoms with E-state index < -0.39 is 43.5 Å². The lowest BCUT2D eigenvalue weighted by Gasteiger charge is -2.18. The van der Waals surface area contributed by atoms with Crippen molar-refractivity contribution in [2.24, 2.45) is 10.3 Å². The second-order valence-electron chi connectivity index (χ2n) is 5.42. The Balaban J connectivity index is 2.25. The molecule has 2 aromatic carbocycles. The van der Waals surface area contributed by atoms with Crippen LogP contribution in [-0.2, 0) is 25.6 Å². The number of nitrogens with zero attached hydrogens (tertiary/aromatic N) is 2. The minimum absolute atomic E-state index is 0.203. The van der Waals surface area contributed by atoms with Gasteiger partial charge >= 0.3 is 11.3 Å². The Morgan fingerprint density at radius 1 is 1.32 bits per heavy atom. The van der Waals surface area contributed by atoms with E-state index in [1.807, 2.05) is 22.6 Å². The zero-order valence-corrected chi connectivity index (χ0v) is 18.3. The van der Waals surface area contributed by atoms with Gasteiger partial charge < -0.3 is 5.32 Å². The maximum atomic E-state index is 14.8. The van der Waals surface area contributed by atoms with Gasteiger partial charge in [-0.1, -0.05) is 11.6 Å². The van der Waals surface area contributed by atoms with E-state index in [9.17, 15) is 21.4 Å². The maximum Gasteiger partial charge on any atom is 0.341 e. The molecular weight excluding hydrogens is 553 g/mol. The van der Waals surface area contributed by atoms with Gasteiger partial charge in [0.15, 0.2) is 17.5 Å². The summed E-state index contributed by atoms with van der Waals surface area (Å²) >= 11 is 6.12. The van der Waals surface area contributed by atoms with Crippen LogP contribution >= 0.6 is 34.2 Å². The van der Waals surface area contributed by atoms with E-state index in [-0.39, 0.29) is 22.1 Å². The molecule has 0 amide bonds. The predicted molar refractivity (Wildman–Crippen MR) is 109 cm³/mol. The van der Waals surface area contributed by atoms with E-state index in [0.717, 1.165) is 13.9 Å². The summed E-state index contributed by atoms with van der Waals surface area (Å²) < 4.78 is 70.7. The number of oxime groups is 1. The van der Waals surface area contributed by atoms with Crippen molar-refractivity contribution in [2.75, 3.05) is 12.4 Å². The van der Waals surface area contributed by atoms with Crippen LogP contribution in [0.15, 0.2) is 34.3 Å². The van der Waals surface area contributed by atoms with Crippen molar-refractivity contribution in [1.29, 1.82) is 0 Å². The third-order valence-corrected chi connectivity index (χ3v) is 6.34. The lowest BCUT2D eigenvalue weighted by Crippen LogP contribution is -2.26. The Bertz CT molecular complexity index is 1150. The highest BCUT2D eigenvalue weighted by Crippen LogP contribution is 2.35. The van der Waals surface area contributed by atoms with Gasteiger partial charge in [-0.05, 0) is 52.0 Å². The van der Waals surface area contributed by atoms with Gasteiger partial charge in [0.25, 0.3) is 0 Å². The Morgan fingerprint density at radius 2 is 2.00 bits per heavy atom. The summed E-state index contributed by atoms with van der Waals surface area (Å²) in [4.78, 5) is -1.09. The fourth-order valence-electron chi connectivity index (χ4n) is 2.30. The molecule has 0 saturated carbocycles. The lowest BCUT2D eigenvalue weighted by atomic mass is 10.1. The van der Waals surface area contributed by atoms with Gasteiger partial charge in [-0.15, -0.1) is 0 Å². The summed E-state index contributed by atoms with van der Waals surface area (Å²) in [5.41, 5.74) is -0.514. The summed E-state index contributed by atoms with van der Waals surface area (Å²) in [6, 6.07) is 5.54. The molecule has 0 aliphatic carbocycles. The molecule has 0 radical (unpaired) electrons. The highest BCUT2D eigenvalue weighted by atomic mass is 127. The van der Waals surface area contributed by atoms with Gasteiger partial charge in [0.2, 0.25) is 10.0 Å². The molecule has 28 heavy (non-hydrogen) atoms. The monoisotopic (exact) mass is 562 g/mol. The van der Waals surface area contributed by atoms with Crippen LogP contribution in [-0.4, -0.2) is 29.8 Å². The molecule has 3 rings (SSSR count). The fraction of sp³-hybridized carbons (Fsp3) is 0.0714. The molecule has 1 aliphatic rings. The minimum atomic E-state index is -4.60. The number of halogens is 4. The van der Waals surface area contributed by atoms with Crippen molar-refractivity contribution in [2.45, 2.75) is 4.90 Å². The topological polar surface area (TPSA) is 114 Å². The van der Waals surface area contributed by atoms with Gasteiger partial charge in [-0.3, -0.25) is 4.28 Å². The number of anilines is 2. The number of sulfonamides is 1. The van der Waals surface area contributed by atoms with E-state index in [1.54, 1.807) is 12.1 Å². The second kappa shape index (κ2) is 7.70. The number of hydrogen-bond donors (Lipinski definition) is 2. The molecule has 1 heterocycles. The molecule has 1 unspecified atom stereocenters. The molecule has 0 saturated heterocycles. The van der Waals surface area contributed by atoms with Crippen molar-refractivity contribution in [3.05, 3.63) is 50.1 Å². The summed E-state index contributed by atoms with van der Waals surface area (Å²) in [5.74, 6) is -3.42. The maximum absolute atomic E-state index is 14.8. The summed E-state index contributed by atoms with van der Waals surface area (Å²) in [6.07, 6.45) is 0. The molecular formula is C14H10ClF2IN4O4S2. The van der Waals surface area contributed by atoms with Gasteiger partial charge in [0, 0.05) is 16.2 Å². The van der Waals surface area contributed by atoms with Gasteiger partial charge in [-0.25, -0.2) is 26.6 Å². The van der Waals surface area contributed by atoms with Gasteiger partial charge in [0.05, 0.1) is 16.4 Å². The number of benzene rings is 2. The van der Waals surface area contributed by atoms with Gasteiger partial charge in [-0.2, -0.15) is 4.21 Å². The quantitative estimate of drug-likeness (QED) is 0.557. The fourth-order valence-corrected chi connectivity index (χ4v) is 4.33. The highest BCUT2D eigenvalue weighted by molar-refractivity contribution is 14.1. The first-order chi connectivity index (χ1) is 13.0. The number of amidine groups is 1. The SMILES string of the molecule is CN1C(c2cc(S(N)(=O)=O)c(F)c(F)c2Nc2ccc(I)cc2Cl)=NOS1=O. The van der Waals surface area contributed by atoms with Crippen LogP contribution in [0.1, 0.15) is 5.56 Å². The van der Waals surface area contributed by atoms with Crippen LogP contribution in [0.4, 0.5) is 20.2 Å². The molecule has 2 aromatic rings. The Kier molecular flexibility index (Phi) is 5.82. The summed E-state index contributed by atoms with van der Waals surface area (Å²) in [6.45, 7) is 0. The molecule has 0 bridgehead atoms. The van der Waals surface area contributed by atoms with E-state index in [2.05, 4.69) is 14.8 Å². The molecule has 3 N–H and O–H groups in total. The number of primary sulfonamides is 1. The molecule has 0 fully saturated rings. The first kappa shape index (κ1) is 21.2. The Hall–Kier alpha value is -1.55. The average Bonchev–Trinajstić information content (AvgIpc) is 2.92. The third-order valence-electron chi connectivity index (χ3n) is 3.62. The number of hydrogen-bond acceptors (Lipinski definition) is 6. The van der Waals surface area contributed by atoms with Crippen molar-refractivity contribution in [3.63, 3.8) is 0 Å². The average molecular weight is 563 g/mol. The molecule has 150 valence electrons. The zero-order valence-electron chi connectivity index (χ0n) is 13.7. The van der Waals surface area contributed by atoms with Crippen LogP contribution in [0, 0.1) is 15.2 Å². The van der Waals surface area contributed by atoms with Crippen LogP contribution in [0.5, 0.6) is 0 Å². The van der Waals surface area contributed by atoms with Crippen LogP contribution < -0.4 is 10.5 Å². The molecule has 14 heteroatoms. The molecule has 8 nitrogen and oxygen atoms in total. The molecule has 1 aliphatic heterocycles. The highest BCUT2D eigenvalue weighted by Gasteiger charge is 2.32. The van der Waals surface area contributed by atoms with Crippen LogP contribution in [0.3, 0.4) is 0 Å². The van der Waals surface area contributed by atoms with E-state index in [0.29, 0.717) is 0 Å². The molecule has 1 atom stereocenters. The van der Waals surface area contributed by atoms with E-state index in [1.165, 1.54) is 13.1 Å². The smallest absolute Gasteiger partial charge is 0.341 e. The zero-order chi connectivity index (χ0) is 20.8. The first-order valence-corrected chi connectivity index (χ1v) is 11.2. The lowest BCUT2D eigenvalue weighted by molar-refractivity contribution is 0.380. The van der Waals surface area contributed by atoms with Crippen LogP contribution in [0.2, 0.25) is 5.02 Å². The molecule has 0 spiro atoms. The summed E-state index contributed by atoms with van der Waals surface area (Å²) in [7, 11) is -3.30. The summed E-state index contributed by atoms with van der Waals surface area (Å²) in [5, 5.41) is 11.3. The number of rotatable bonds is 4. The predicted octanol–water partition coefficient (Wildman–Crippen LogP) is 2.82.